The van der Waals surface area contributed by atoms with E-state index in [1.165, 1.54) is 11.6 Å². The van der Waals surface area contributed by atoms with Crippen molar-refractivity contribution >= 4 is 16.5 Å². The van der Waals surface area contributed by atoms with Crippen LogP contribution in [-0.4, -0.2) is 0 Å². The Morgan fingerprint density at radius 3 is 2.53 bits per heavy atom. The molecule has 0 aliphatic heterocycles. The van der Waals surface area contributed by atoms with Crippen molar-refractivity contribution in [2.75, 3.05) is 5.32 Å². The van der Waals surface area contributed by atoms with Gasteiger partial charge in [0.05, 0.1) is 0 Å². The van der Waals surface area contributed by atoms with Gasteiger partial charge in [-0.15, -0.1) is 0 Å². The highest BCUT2D eigenvalue weighted by atomic mass is 19.1. The molecular formula is C17H20FN. The lowest BCUT2D eigenvalue weighted by Crippen LogP contribution is -1.97. The van der Waals surface area contributed by atoms with E-state index in [0.717, 1.165) is 22.9 Å². The maximum Gasteiger partial charge on any atom is 0.123 e. The smallest absolute Gasteiger partial charge is 0.123 e. The van der Waals surface area contributed by atoms with Gasteiger partial charge in [-0.25, -0.2) is 4.39 Å². The van der Waals surface area contributed by atoms with E-state index in [0.29, 0.717) is 5.92 Å². The van der Waals surface area contributed by atoms with Crippen LogP contribution in [0.2, 0.25) is 0 Å². The Kier molecular flexibility index (Phi) is 4.20. The first-order valence-corrected chi connectivity index (χ1v) is 6.75. The highest BCUT2D eigenvalue weighted by Crippen LogP contribution is 2.21. The van der Waals surface area contributed by atoms with Crippen LogP contribution in [0.5, 0.6) is 0 Å². The Morgan fingerprint density at radius 1 is 1.16 bits per heavy atom. The molecule has 0 aliphatic rings. The van der Waals surface area contributed by atoms with Crippen LogP contribution in [0.1, 0.15) is 27.2 Å². The summed E-state index contributed by atoms with van der Waals surface area (Å²) in [6.07, 6.45) is 3.12. The number of nitrogens with one attached hydrogen (secondary N) is 1. The molecule has 1 nitrogen and oxygen atoms in total. The lowest BCUT2D eigenvalue weighted by Gasteiger charge is -2.10. The molecule has 0 aromatic heterocycles. The summed E-state index contributed by atoms with van der Waals surface area (Å²) in [5.74, 6) is 0.355. The Labute approximate surface area is 114 Å². The van der Waals surface area contributed by atoms with Gasteiger partial charge in [0.2, 0.25) is 0 Å². The third-order valence-electron chi connectivity index (χ3n) is 3.38. The third-order valence-corrected chi connectivity index (χ3v) is 3.38. The fourth-order valence-electron chi connectivity index (χ4n) is 2.16. The molecule has 0 aliphatic carbocycles. The maximum atomic E-state index is 13.1. The van der Waals surface area contributed by atoms with Gasteiger partial charge in [0.25, 0.3) is 0 Å². The largest absolute Gasteiger partial charge is 0.362 e. The van der Waals surface area contributed by atoms with Crippen molar-refractivity contribution < 1.29 is 4.39 Å². The normalized spacial score (nSPS) is 12.2. The van der Waals surface area contributed by atoms with Gasteiger partial charge in [0.15, 0.2) is 0 Å². The van der Waals surface area contributed by atoms with Gasteiger partial charge < -0.3 is 5.32 Å². The molecule has 0 amide bonds. The topological polar surface area (TPSA) is 12.0 Å². The number of hydrogen-bond acceptors (Lipinski definition) is 1. The number of benzene rings is 2. The first-order chi connectivity index (χ1) is 9.10. The summed E-state index contributed by atoms with van der Waals surface area (Å²) < 4.78 is 13.1. The van der Waals surface area contributed by atoms with Crippen molar-refractivity contribution in [1.82, 2.24) is 0 Å². The number of halogens is 1. The third kappa shape index (κ3) is 3.34. The van der Waals surface area contributed by atoms with Crippen molar-refractivity contribution in [1.29, 1.82) is 0 Å². The minimum absolute atomic E-state index is 0.193. The molecule has 2 aromatic carbocycles. The second kappa shape index (κ2) is 5.87. The van der Waals surface area contributed by atoms with Gasteiger partial charge in [-0.2, -0.15) is 0 Å². The van der Waals surface area contributed by atoms with Crippen LogP contribution >= 0.6 is 0 Å². The molecule has 2 rings (SSSR count). The second-order valence-corrected chi connectivity index (χ2v) is 5.08. The van der Waals surface area contributed by atoms with Crippen LogP contribution in [-0.2, 0) is 0 Å². The van der Waals surface area contributed by atoms with Crippen LogP contribution in [0.3, 0.4) is 0 Å². The predicted octanol–water partition coefficient (Wildman–Crippen LogP) is 5.34. The van der Waals surface area contributed by atoms with E-state index in [1.807, 2.05) is 24.3 Å². The maximum absolute atomic E-state index is 13.1. The van der Waals surface area contributed by atoms with Gasteiger partial charge in [0.1, 0.15) is 5.82 Å². The number of hydrogen-bond donors (Lipinski definition) is 1. The van der Waals surface area contributed by atoms with E-state index in [1.54, 1.807) is 6.07 Å². The number of allylic oxidation sites excluding steroid dienone is 1. The molecule has 19 heavy (non-hydrogen) atoms. The van der Waals surface area contributed by atoms with Gasteiger partial charge in [0, 0.05) is 11.9 Å². The fraction of sp³-hybridized carbons (Fsp3) is 0.294. The molecule has 0 bridgehead atoms. The van der Waals surface area contributed by atoms with Crippen molar-refractivity contribution in [2.24, 2.45) is 5.92 Å². The summed E-state index contributed by atoms with van der Waals surface area (Å²) in [7, 11) is 0. The highest BCUT2D eigenvalue weighted by Gasteiger charge is 2.01. The van der Waals surface area contributed by atoms with Crippen LogP contribution in [0, 0.1) is 11.7 Å². The molecule has 2 heteroatoms. The molecule has 2 aromatic rings. The lowest BCUT2D eigenvalue weighted by atomic mass is 10.0. The Balaban J connectivity index is 2.24. The van der Waals surface area contributed by atoms with E-state index in [2.05, 4.69) is 32.3 Å². The molecule has 0 radical (unpaired) electrons. The number of anilines is 1. The first-order valence-electron chi connectivity index (χ1n) is 6.75. The molecule has 0 spiro atoms. The van der Waals surface area contributed by atoms with E-state index < -0.39 is 0 Å². The quantitative estimate of drug-likeness (QED) is 0.779. The van der Waals surface area contributed by atoms with Crippen LogP contribution < -0.4 is 5.32 Å². The zero-order valence-corrected chi connectivity index (χ0v) is 11.7. The lowest BCUT2D eigenvalue weighted by molar-refractivity contribution is 0.630. The monoisotopic (exact) mass is 257 g/mol. The minimum atomic E-state index is -0.193. The summed E-state index contributed by atoms with van der Waals surface area (Å²) >= 11 is 0. The van der Waals surface area contributed by atoms with Crippen molar-refractivity contribution in [3.63, 3.8) is 0 Å². The van der Waals surface area contributed by atoms with E-state index >= 15 is 0 Å². The molecule has 0 saturated heterocycles. The van der Waals surface area contributed by atoms with Gasteiger partial charge in [-0.05, 0) is 47.4 Å². The Hall–Kier alpha value is -1.83. The average molecular weight is 257 g/mol. The van der Waals surface area contributed by atoms with Gasteiger partial charge in [-0.3, -0.25) is 0 Å². The summed E-state index contributed by atoms with van der Waals surface area (Å²) in [6, 6.07) is 10.8. The molecule has 1 N–H and O–H groups in total. The van der Waals surface area contributed by atoms with Crippen LogP contribution in [0.15, 0.2) is 48.2 Å². The number of rotatable bonds is 4. The van der Waals surface area contributed by atoms with Gasteiger partial charge in [-0.1, -0.05) is 38.5 Å². The van der Waals surface area contributed by atoms with Crippen LogP contribution in [0.4, 0.5) is 10.1 Å². The summed E-state index contributed by atoms with van der Waals surface area (Å²) in [4.78, 5) is 0. The standard InChI is InChI=1S/C17H20FN/c1-4-13(12(2)3)11-19-17-8-6-14-9-16(18)7-5-15(14)10-17/h5-12,19H,4H2,1-3H3/b13-11+. The van der Waals surface area contributed by atoms with Crippen molar-refractivity contribution in [3.8, 4) is 0 Å². The van der Waals surface area contributed by atoms with E-state index in [9.17, 15) is 4.39 Å². The Bertz CT molecular complexity index is 599. The fourth-order valence-corrected chi connectivity index (χ4v) is 2.16. The first kappa shape index (κ1) is 13.6. The zero-order chi connectivity index (χ0) is 13.8. The Morgan fingerprint density at radius 2 is 1.84 bits per heavy atom. The number of fused-ring (bicyclic) bond motifs is 1. The summed E-state index contributed by atoms with van der Waals surface area (Å²) in [6.45, 7) is 6.55. The molecule has 0 heterocycles. The predicted molar refractivity (Wildman–Crippen MR) is 80.7 cm³/mol. The summed E-state index contributed by atoms with van der Waals surface area (Å²) in [5, 5.41) is 5.30. The zero-order valence-electron chi connectivity index (χ0n) is 11.7. The molecule has 100 valence electrons. The molecule has 0 fully saturated rings. The molecular weight excluding hydrogens is 237 g/mol. The molecule has 0 unspecified atom stereocenters. The molecule has 0 saturated carbocycles. The van der Waals surface area contributed by atoms with Crippen molar-refractivity contribution in [2.45, 2.75) is 27.2 Å². The highest BCUT2D eigenvalue weighted by molar-refractivity contribution is 5.85. The average Bonchev–Trinajstić information content (AvgIpc) is 2.39. The molecule has 0 atom stereocenters. The van der Waals surface area contributed by atoms with Gasteiger partial charge >= 0.3 is 0 Å². The summed E-state index contributed by atoms with van der Waals surface area (Å²) in [5.41, 5.74) is 2.42. The second-order valence-electron chi connectivity index (χ2n) is 5.08. The van der Waals surface area contributed by atoms with E-state index in [4.69, 9.17) is 0 Å². The minimum Gasteiger partial charge on any atom is -0.362 e. The van der Waals surface area contributed by atoms with Crippen molar-refractivity contribution in [3.05, 3.63) is 54.0 Å². The SMILES string of the molecule is CC/C(=C\Nc1ccc2cc(F)ccc2c1)C(C)C. The van der Waals surface area contributed by atoms with E-state index in [-0.39, 0.29) is 5.82 Å². The van der Waals surface area contributed by atoms with Crippen LogP contribution in [0.25, 0.3) is 10.8 Å².